The first kappa shape index (κ1) is 15.5. The Morgan fingerprint density at radius 2 is 2.00 bits per heavy atom. The van der Waals surface area contributed by atoms with E-state index in [1.807, 2.05) is 0 Å². The Bertz CT molecular complexity index is 441. The molecule has 0 atom stereocenters. The van der Waals surface area contributed by atoms with Crippen molar-refractivity contribution in [1.29, 1.82) is 0 Å². The smallest absolute Gasteiger partial charge is 0.148 e. The van der Waals surface area contributed by atoms with Gasteiger partial charge in [0.05, 0.1) is 0 Å². The molecule has 1 N–H and O–H groups in total. The SMILES string of the molecule is CCCNc1ncnc(N2CCC(C)(CC)CC2)c1Br. The lowest BCUT2D eigenvalue weighted by atomic mass is 9.78. The molecule has 0 spiro atoms. The van der Waals surface area contributed by atoms with Crippen molar-refractivity contribution in [3.05, 3.63) is 10.8 Å². The van der Waals surface area contributed by atoms with E-state index < -0.39 is 0 Å². The highest BCUT2D eigenvalue weighted by atomic mass is 79.9. The molecule has 0 aromatic carbocycles. The minimum Gasteiger partial charge on any atom is -0.369 e. The molecular weight excluding hydrogens is 316 g/mol. The molecule has 2 heterocycles. The monoisotopic (exact) mass is 340 g/mol. The zero-order valence-corrected chi connectivity index (χ0v) is 14.3. The summed E-state index contributed by atoms with van der Waals surface area (Å²) in [4.78, 5) is 11.2. The summed E-state index contributed by atoms with van der Waals surface area (Å²) in [5, 5.41) is 3.34. The number of piperidine rings is 1. The zero-order valence-electron chi connectivity index (χ0n) is 12.7. The van der Waals surface area contributed by atoms with Gasteiger partial charge in [-0.2, -0.15) is 0 Å². The predicted octanol–water partition coefficient (Wildman–Crippen LogP) is 4.08. The van der Waals surface area contributed by atoms with Crippen LogP contribution in [0.4, 0.5) is 11.6 Å². The second-order valence-electron chi connectivity index (χ2n) is 5.94. The Morgan fingerprint density at radius 3 is 2.60 bits per heavy atom. The molecule has 112 valence electrons. The van der Waals surface area contributed by atoms with Crippen LogP contribution in [0.25, 0.3) is 0 Å². The van der Waals surface area contributed by atoms with Gasteiger partial charge in [0.1, 0.15) is 22.4 Å². The molecule has 0 amide bonds. The third-order valence-electron chi connectivity index (χ3n) is 4.44. The topological polar surface area (TPSA) is 41.1 Å². The number of hydrogen-bond acceptors (Lipinski definition) is 4. The largest absolute Gasteiger partial charge is 0.369 e. The molecular formula is C15H25BrN4. The van der Waals surface area contributed by atoms with E-state index in [1.54, 1.807) is 6.33 Å². The van der Waals surface area contributed by atoms with Gasteiger partial charge in [-0.25, -0.2) is 9.97 Å². The maximum absolute atomic E-state index is 4.47. The van der Waals surface area contributed by atoms with Gasteiger partial charge in [0, 0.05) is 19.6 Å². The summed E-state index contributed by atoms with van der Waals surface area (Å²) in [6.07, 6.45) is 6.47. The van der Waals surface area contributed by atoms with Gasteiger partial charge in [-0.1, -0.05) is 27.2 Å². The molecule has 1 fully saturated rings. The normalized spacial score (nSPS) is 18.1. The molecule has 0 unspecified atom stereocenters. The maximum atomic E-state index is 4.47. The van der Waals surface area contributed by atoms with Crippen molar-refractivity contribution in [1.82, 2.24) is 9.97 Å². The fourth-order valence-electron chi connectivity index (χ4n) is 2.56. The first-order chi connectivity index (χ1) is 9.59. The molecule has 1 aliphatic rings. The summed E-state index contributed by atoms with van der Waals surface area (Å²) in [7, 11) is 0. The summed E-state index contributed by atoms with van der Waals surface area (Å²) >= 11 is 3.66. The number of nitrogens with one attached hydrogen (secondary N) is 1. The molecule has 0 aliphatic carbocycles. The summed E-state index contributed by atoms with van der Waals surface area (Å²) in [5.41, 5.74) is 0.499. The third-order valence-corrected chi connectivity index (χ3v) is 5.17. The highest BCUT2D eigenvalue weighted by molar-refractivity contribution is 9.10. The van der Waals surface area contributed by atoms with Crippen molar-refractivity contribution in [2.75, 3.05) is 29.9 Å². The molecule has 0 saturated carbocycles. The van der Waals surface area contributed by atoms with E-state index in [1.165, 1.54) is 19.3 Å². The van der Waals surface area contributed by atoms with E-state index >= 15 is 0 Å². The molecule has 4 nitrogen and oxygen atoms in total. The molecule has 1 aliphatic heterocycles. The Kier molecular flexibility index (Phi) is 5.24. The van der Waals surface area contributed by atoms with Gasteiger partial charge >= 0.3 is 0 Å². The van der Waals surface area contributed by atoms with E-state index in [-0.39, 0.29) is 0 Å². The van der Waals surface area contributed by atoms with Gasteiger partial charge in [0.2, 0.25) is 0 Å². The van der Waals surface area contributed by atoms with Gasteiger partial charge in [-0.05, 0) is 40.6 Å². The van der Waals surface area contributed by atoms with Crippen LogP contribution in [0.5, 0.6) is 0 Å². The van der Waals surface area contributed by atoms with Crippen molar-refractivity contribution < 1.29 is 0 Å². The van der Waals surface area contributed by atoms with Crippen molar-refractivity contribution in [3.63, 3.8) is 0 Å². The van der Waals surface area contributed by atoms with Gasteiger partial charge in [-0.3, -0.25) is 0 Å². The van der Waals surface area contributed by atoms with E-state index in [0.29, 0.717) is 5.41 Å². The third kappa shape index (κ3) is 3.43. The van der Waals surface area contributed by atoms with Crippen LogP contribution in [0.2, 0.25) is 0 Å². The molecule has 0 radical (unpaired) electrons. The fourth-order valence-corrected chi connectivity index (χ4v) is 3.16. The summed E-state index contributed by atoms with van der Waals surface area (Å²) in [5.74, 6) is 1.93. The van der Waals surface area contributed by atoms with Crippen LogP contribution in [-0.2, 0) is 0 Å². The molecule has 2 rings (SSSR count). The van der Waals surface area contributed by atoms with Crippen LogP contribution in [0.15, 0.2) is 10.8 Å². The molecule has 1 aromatic rings. The summed E-state index contributed by atoms with van der Waals surface area (Å²) < 4.78 is 0.994. The molecule has 0 bridgehead atoms. The van der Waals surface area contributed by atoms with Crippen molar-refractivity contribution in [2.45, 2.75) is 46.5 Å². The van der Waals surface area contributed by atoms with Crippen molar-refractivity contribution >= 4 is 27.6 Å². The Morgan fingerprint density at radius 1 is 1.30 bits per heavy atom. The molecule has 1 saturated heterocycles. The standard InChI is InChI=1S/C15H25BrN4/c1-4-8-17-13-12(16)14(19-11-18-13)20-9-6-15(3,5-2)7-10-20/h11H,4-10H2,1-3H3,(H,17,18,19). The van der Waals surface area contributed by atoms with Crippen LogP contribution >= 0.6 is 15.9 Å². The van der Waals surface area contributed by atoms with Crippen LogP contribution in [0.3, 0.4) is 0 Å². The Labute approximate surface area is 130 Å². The Hall–Kier alpha value is -0.840. The summed E-state index contributed by atoms with van der Waals surface area (Å²) in [6.45, 7) is 9.93. The first-order valence-electron chi connectivity index (χ1n) is 7.59. The number of aromatic nitrogens is 2. The lowest BCUT2D eigenvalue weighted by Gasteiger charge is -2.39. The fraction of sp³-hybridized carbons (Fsp3) is 0.733. The van der Waals surface area contributed by atoms with Crippen LogP contribution in [0.1, 0.15) is 46.5 Å². The Balaban J connectivity index is 2.10. The van der Waals surface area contributed by atoms with Crippen LogP contribution in [0, 0.1) is 5.41 Å². The number of hydrogen-bond donors (Lipinski definition) is 1. The highest BCUT2D eigenvalue weighted by Gasteiger charge is 2.29. The number of anilines is 2. The molecule has 20 heavy (non-hydrogen) atoms. The summed E-state index contributed by atoms with van der Waals surface area (Å²) in [6, 6.07) is 0. The lowest BCUT2D eigenvalue weighted by molar-refractivity contribution is 0.237. The quantitative estimate of drug-likeness (QED) is 0.876. The van der Waals surface area contributed by atoms with Crippen LogP contribution < -0.4 is 10.2 Å². The maximum Gasteiger partial charge on any atom is 0.148 e. The minimum atomic E-state index is 0.499. The average molecular weight is 341 g/mol. The molecule has 5 heteroatoms. The van der Waals surface area contributed by atoms with E-state index in [4.69, 9.17) is 0 Å². The van der Waals surface area contributed by atoms with Gasteiger partial charge < -0.3 is 10.2 Å². The second kappa shape index (κ2) is 6.74. The number of halogens is 1. The van der Waals surface area contributed by atoms with Gasteiger partial charge in [-0.15, -0.1) is 0 Å². The second-order valence-corrected chi connectivity index (χ2v) is 6.73. The lowest BCUT2D eigenvalue weighted by Crippen LogP contribution is -2.39. The van der Waals surface area contributed by atoms with E-state index in [0.717, 1.165) is 42.2 Å². The van der Waals surface area contributed by atoms with Crippen molar-refractivity contribution in [2.24, 2.45) is 5.41 Å². The number of nitrogens with zero attached hydrogens (tertiary/aromatic N) is 3. The van der Waals surface area contributed by atoms with Crippen LogP contribution in [-0.4, -0.2) is 29.6 Å². The van der Waals surface area contributed by atoms with Gasteiger partial charge in [0.15, 0.2) is 0 Å². The van der Waals surface area contributed by atoms with E-state index in [2.05, 4.69) is 56.9 Å². The number of rotatable bonds is 5. The first-order valence-corrected chi connectivity index (χ1v) is 8.38. The average Bonchev–Trinajstić information content (AvgIpc) is 2.47. The predicted molar refractivity (Wildman–Crippen MR) is 88.4 cm³/mol. The zero-order chi connectivity index (χ0) is 14.6. The van der Waals surface area contributed by atoms with Crippen molar-refractivity contribution in [3.8, 4) is 0 Å². The highest BCUT2D eigenvalue weighted by Crippen LogP contribution is 2.37. The molecule has 1 aromatic heterocycles. The van der Waals surface area contributed by atoms with E-state index in [9.17, 15) is 0 Å². The minimum absolute atomic E-state index is 0.499. The van der Waals surface area contributed by atoms with Gasteiger partial charge in [0.25, 0.3) is 0 Å².